The predicted molar refractivity (Wildman–Crippen MR) is 95.9 cm³/mol. The number of amides is 1. The fraction of sp³-hybridized carbons (Fsp3) is 0.250. The molecule has 0 N–H and O–H groups in total. The summed E-state index contributed by atoms with van der Waals surface area (Å²) >= 11 is 0. The van der Waals surface area contributed by atoms with Gasteiger partial charge in [-0.05, 0) is 36.8 Å². The maximum absolute atomic E-state index is 13.9. The average Bonchev–Trinajstić information content (AvgIpc) is 3.37. The molecule has 1 aliphatic heterocycles. The Labute approximate surface area is 155 Å². The zero-order chi connectivity index (χ0) is 18.8. The minimum atomic E-state index is -0.551. The van der Waals surface area contributed by atoms with Gasteiger partial charge in [-0.25, -0.2) is 4.39 Å². The molecular formula is C20H18FN3O3. The highest BCUT2D eigenvalue weighted by Gasteiger charge is 2.31. The second-order valence-electron chi connectivity index (χ2n) is 6.41. The molecule has 0 saturated carbocycles. The summed E-state index contributed by atoms with van der Waals surface area (Å²) in [6.45, 7) is 1.03. The van der Waals surface area contributed by atoms with Crippen LogP contribution in [0.25, 0.3) is 11.5 Å². The number of halogens is 1. The van der Waals surface area contributed by atoms with Crippen LogP contribution in [0.1, 0.15) is 28.5 Å². The normalized spacial score (nSPS) is 16.5. The van der Waals surface area contributed by atoms with E-state index in [0.29, 0.717) is 30.4 Å². The lowest BCUT2D eigenvalue weighted by Gasteiger charge is -2.16. The number of likely N-dealkylation sites (tertiary alicyclic amines) is 1. The van der Waals surface area contributed by atoms with E-state index >= 15 is 0 Å². The van der Waals surface area contributed by atoms with Crippen LogP contribution in [0.3, 0.4) is 0 Å². The Balaban J connectivity index is 1.46. The topological polar surface area (TPSA) is 68.5 Å². The van der Waals surface area contributed by atoms with Crippen LogP contribution in [0.5, 0.6) is 5.75 Å². The number of nitrogens with zero attached hydrogens (tertiary/aromatic N) is 3. The van der Waals surface area contributed by atoms with E-state index in [4.69, 9.17) is 9.26 Å². The summed E-state index contributed by atoms with van der Waals surface area (Å²) < 4.78 is 24.1. The van der Waals surface area contributed by atoms with Gasteiger partial charge in [0.1, 0.15) is 0 Å². The van der Waals surface area contributed by atoms with E-state index < -0.39 is 5.82 Å². The van der Waals surface area contributed by atoms with Crippen molar-refractivity contribution in [3.05, 3.63) is 65.7 Å². The zero-order valence-corrected chi connectivity index (χ0v) is 14.8. The number of hydrogen-bond donors (Lipinski definition) is 0. The molecule has 0 unspecified atom stereocenters. The minimum Gasteiger partial charge on any atom is -0.494 e. The van der Waals surface area contributed by atoms with Gasteiger partial charge in [-0.2, -0.15) is 4.98 Å². The SMILES string of the molecule is COc1ccc(C(=O)N2CC[C@@H](c3noc(-c4ccccc4)n3)C2)cc1F. The molecule has 7 heteroatoms. The molecule has 1 fully saturated rings. The molecule has 0 spiro atoms. The molecule has 1 saturated heterocycles. The first kappa shape index (κ1) is 17.2. The number of carbonyl (C=O) groups is 1. The number of carbonyl (C=O) groups excluding carboxylic acids is 1. The lowest BCUT2D eigenvalue weighted by molar-refractivity contribution is 0.0790. The first-order chi connectivity index (χ1) is 13.2. The Hall–Kier alpha value is -3.22. The van der Waals surface area contributed by atoms with Crippen molar-refractivity contribution < 1.29 is 18.4 Å². The number of rotatable bonds is 4. The highest BCUT2D eigenvalue weighted by molar-refractivity contribution is 5.94. The first-order valence-electron chi connectivity index (χ1n) is 8.67. The summed E-state index contributed by atoms with van der Waals surface area (Å²) in [5.41, 5.74) is 1.16. The molecule has 27 heavy (non-hydrogen) atoms. The highest BCUT2D eigenvalue weighted by Crippen LogP contribution is 2.29. The van der Waals surface area contributed by atoms with Crippen molar-refractivity contribution in [2.75, 3.05) is 20.2 Å². The molecule has 1 atom stereocenters. The highest BCUT2D eigenvalue weighted by atomic mass is 19.1. The predicted octanol–water partition coefficient (Wildman–Crippen LogP) is 3.51. The molecule has 0 bridgehead atoms. The van der Waals surface area contributed by atoms with Crippen LogP contribution in [0.2, 0.25) is 0 Å². The quantitative estimate of drug-likeness (QED) is 0.706. The van der Waals surface area contributed by atoms with Crippen LogP contribution in [0.4, 0.5) is 4.39 Å². The monoisotopic (exact) mass is 367 g/mol. The van der Waals surface area contributed by atoms with Gasteiger partial charge in [-0.3, -0.25) is 4.79 Å². The van der Waals surface area contributed by atoms with Crippen molar-refractivity contribution in [1.29, 1.82) is 0 Å². The Morgan fingerprint density at radius 3 is 2.81 bits per heavy atom. The Morgan fingerprint density at radius 1 is 1.26 bits per heavy atom. The first-order valence-corrected chi connectivity index (χ1v) is 8.67. The molecule has 1 aromatic heterocycles. The second-order valence-corrected chi connectivity index (χ2v) is 6.41. The molecule has 1 aliphatic rings. The van der Waals surface area contributed by atoms with E-state index in [2.05, 4.69) is 10.1 Å². The van der Waals surface area contributed by atoms with Crippen molar-refractivity contribution in [1.82, 2.24) is 15.0 Å². The van der Waals surface area contributed by atoms with Crippen molar-refractivity contribution in [2.24, 2.45) is 0 Å². The van der Waals surface area contributed by atoms with E-state index in [9.17, 15) is 9.18 Å². The van der Waals surface area contributed by atoms with Gasteiger partial charge in [0, 0.05) is 30.1 Å². The molecule has 1 amide bonds. The van der Waals surface area contributed by atoms with Crippen LogP contribution in [0, 0.1) is 5.82 Å². The van der Waals surface area contributed by atoms with E-state index in [0.717, 1.165) is 12.0 Å². The lowest BCUT2D eigenvalue weighted by atomic mass is 10.1. The van der Waals surface area contributed by atoms with Gasteiger partial charge in [-0.1, -0.05) is 23.4 Å². The van der Waals surface area contributed by atoms with Gasteiger partial charge >= 0.3 is 0 Å². The largest absolute Gasteiger partial charge is 0.494 e. The van der Waals surface area contributed by atoms with Crippen LogP contribution >= 0.6 is 0 Å². The Bertz CT molecular complexity index is 958. The van der Waals surface area contributed by atoms with Gasteiger partial charge in [0.2, 0.25) is 0 Å². The number of benzene rings is 2. The van der Waals surface area contributed by atoms with Gasteiger partial charge in [0.15, 0.2) is 17.4 Å². The number of aromatic nitrogens is 2. The second kappa shape index (κ2) is 7.19. The van der Waals surface area contributed by atoms with E-state index in [-0.39, 0.29) is 17.6 Å². The van der Waals surface area contributed by atoms with Gasteiger partial charge < -0.3 is 14.2 Å². The van der Waals surface area contributed by atoms with Crippen molar-refractivity contribution in [2.45, 2.75) is 12.3 Å². The van der Waals surface area contributed by atoms with Gasteiger partial charge in [-0.15, -0.1) is 0 Å². The molecule has 2 aromatic carbocycles. The van der Waals surface area contributed by atoms with E-state index in [1.54, 1.807) is 11.0 Å². The van der Waals surface area contributed by atoms with Crippen molar-refractivity contribution in [3.8, 4) is 17.2 Å². The third-order valence-corrected chi connectivity index (χ3v) is 4.70. The summed E-state index contributed by atoms with van der Waals surface area (Å²) in [6, 6.07) is 13.8. The molecule has 0 radical (unpaired) electrons. The number of hydrogen-bond acceptors (Lipinski definition) is 5. The maximum atomic E-state index is 13.9. The van der Waals surface area contributed by atoms with E-state index in [1.807, 2.05) is 30.3 Å². The fourth-order valence-electron chi connectivity index (χ4n) is 3.24. The molecule has 3 aromatic rings. The number of methoxy groups -OCH3 is 1. The smallest absolute Gasteiger partial charge is 0.257 e. The summed E-state index contributed by atoms with van der Waals surface area (Å²) in [5, 5.41) is 4.08. The number of ether oxygens (including phenoxy) is 1. The van der Waals surface area contributed by atoms with Crippen LogP contribution < -0.4 is 4.74 Å². The third kappa shape index (κ3) is 3.40. The van der Waals surface area contributed by atoms with Crippen LogP contribution in [0.15, 0.2) is 53.1 Å². The Kier molecular flexibility index (Phi) is 4.58. The van der Waals surface area contributed by atoms with Crippen molar-refractivity contribution in [3.63, 3.8) is 0 Å². The zero-order valence-electron chi connectivity index (χ0n) is 14.8. The summed E-state index contributed by atoms with van der Waals surface area (Å²) in [7, 11) is 1.39. The van der Waals surface area contributed by atoms with Crippen LogP contribution in [-0.2, 0) is 0 Å². The average molecular weight is 367 g/mol. The molecule has 4 rings (SSSR count). The molecular weight excluding hydrogens is 349 g/mol. The maximum Gasteiger partial charge on any atom is 0.257 e. The summed E-state index contributed by atoms with van der Waals surface area (Å²) in [5.74, 6) is 0.401. The van der Waals surface area contributed by atoms with Gasteiger partial charge in [0.05, 0.1) is 7.11 Å². The fourth-order valence-corrected chi connectivity index (χ4v) is 3.24. The van der Waals surface area contributed by atoms with Gasteiger partial charge in [0.25, 0.3) is 11.8 Å². The van der Waals surface area contributed by atoms with Crippen LogP contribution in [-0.4, -0.2) is 41.1 Å². The summed E-state index contributed by atoms with van der Waals surface area (Å²) in [6.07, 6.45) is 0.734. The third-order valence-electron chi connectivity index (χ3n) is 4.70. The molecule has 138 valence electrons. The van der Waals surface area contributed by atoms with Crippen molar-refractivity contribution >= 4 is 5.91 Å². The molecule has 2 heterocycles. The van der Waals surface area contributed by atoms with E-state index in [1.165, 1.54) is 19.2 Å². The summed E-state index contributed by atoms with van der Waals surface area (Å²) in [4.78, 5) is 18.8. The Morgan fingerprint density at radius 2 is 2.07 bits per heavy atom. The molecule has 0 aliphatic carbocycles. The lowest BCUT2D eigenvalue weighted by Crippen LogP contribution is -2.28. The standard InChI is InChI=1S/C20H18FN3O3/c1-26-17-8-7-14(11-16(17)21)20(25)24-10-9-15(12-24)18-22-19(27-23-18)13-5-3-2-4-6-13/h2-8,11,15H,9-10,12H2,1H3/t15-/m1/s1. The minimum absolute atomic E-state index is 0.00161. The molecule has 6 nitrogen and oxygen atoms in total.